The molecular weight excluding hydrogens is 337 g/mol. The number of aromatic nitrogens is 2. The van der Waals surface area contributed by atoms with Crippen LogP contribution in [-0.4, -0.2) is 20.2 Å². The molecule has 0 radical (unpaired) electrons. The third-order valence-corrected chi connectivity index (χ3v) is 4.44. The summed E-state index contributed by atoms with van der Waals surface area (Å²) in [4.78, 5) is 0.640. The summed E-state index contributed by atoms with van der Waals surface area (Å²) >= 11 is 0. The molecule has 0 N–H and O–H groups in total. The van der Waals surface area contributed by atoms with Crippen molar-refractivity contribution in [3.8, 4) is 16.9 Å². The highest BCUT2D eigenvalue weighted by Gasteiger charge is 2.18. The molecule has 1 aromatic heterocycles. The van der Waals surface area contributed by atoms with Crippen LogP contribution in [0.2, 0.25) is 0 Å². The van der Waals surface area contributed by atoms with Crippen LogP contribution >= 0.6 is 0 Å². The zero-order valence-corrected chi connectivity index (χ0v) is 13.4. The summed E-state index contributed by atoms with van der Waals surface area (Å²) in [5.74, 6) is -0.420. The van der Waals surface area contributed by atoms with E-state index in [4.69, 9.17) is 0 Å². The first-order valence-electron chi connectivity index (χ1n) is 7.03. The fourth-order valence-corrected chi connectivity index (χ4v) is 2.83. The van der Waals surface area contributed by atoms with Gasteiger partial charge in [0.15, 0.2) is 0 Å². The normalized spacial score (nSPS) is 12.5. The monoisotopic (exact) mass is 350 g/mol. The van der Waals surface area contributed by atoms with E-state index in [1.807, 2.05) is 0 Å². The molecule has 0 aliphatic rings. The van der Waals surface area contributed by atoms with Crippen LogP contribution in [0.4, 0.5) is 13.2 Å². The summed E-state index contributed by atoms with van der Waals surface area (Å²) in [6.07, 6.45) is -1.15. The first kappa shape index (κ1) is 16.4. The van der Waals surface area contributed by atoms with Gasteiger partial charge in [-0.15, -0.1) is 0 Å². The zero-order valence-electron chi connectivity index (χ0n) is 12.6. The number of benzene rings is 2. The molecule has 0 saturated carbocycles. The number of alkyl halides is 2. The third kappa shape index (κ3) is 3.26. The number of rotatable bonds is 4. The van der Waals surface area contributed by atoms with E-state index in [1.54, 1.807) is 30.5 Å². The van der Waals surface area contributed by atoms with E-state index in [-0.39, 0.29) is 5.69 Å². The maximum absolute atomic E-state index is 13.1. The number of hydrogen-bond donors (Lipinski definition) is 0. The van der Waals surface area contributed by atoms with Crippen molar-refractivity contribution in [1.82, 2.24) is 9.78 Å². The third-order valence-electron chi connectivity index (χ3n) is 3.51. The van der Waals surface area contributed by atoms with Crippen molar-refractivity contribution in [2.45, 2.75) is 11.3 Å². The Morgan fingerprint density at radius 1 is 1.04 bits per heavy atom. The molecule has 0 amide bonds. The van der Waals surface area contributed by atoms with Crippen LogP contribution in [0.15, 0.2) is 59.5 Å². The minimum atomic E-state index is -2.71. The zero-order chi connectivity index (χ0) is 17.3. The topological polar surface area (TPSA) is 34.9 Å². The van der Waals surface area contributed by atoms with Crippen LogP contribution in [-0.2, 0) is 10.8 Å². The van der Waals surface area contributed by atoms with Gasteiger partial charge in [-0.1, -0.05) is 12.1 Å². The molecule has 0 aliphatic heterocycles. The Bertz CT molecular complexity index is 874. The Morgan fingerprint density at radius 3 is 2.21 bits per heavy atom. The van der Waals surface area contributed by atoms with Crippen molar-refractivity contribution >= 4 is 10.8 Å². The van der Waals surface area contributed by atoms with E-state index >= 15 is 0 Å². The second kappa shape index (κ2) is 6.60. The predicted octanol–water partition coefficient (Wildman–Crippen LogP) is 4.35. The van der Waals surface area contributed by atoms with Crippen molar-refractivity contribution in [2.75, 3.05) is 6.26 Å². The number of halogens is 3. The van der Waals surface area contributed by atoms with Crippen LogP contribution in [0, 0.1) is 5.82 Å². The van der Waals surface area contributed by atoms with Crippen LogP contribution < -0.4 is 0 Å². The van der Waals surface area contributed by atoms with Gasteiger partial charge in [-0.25, -0.2) is 17.9 Å². The molecule has 124 valence electrons. The Morgan fingerprint density at radius 2 is 1.67 bits per heavy atom. The lowest BCUT2D eigenvalue weighted by Gasteiger charge is -2.08. The molecule has 3 rings (SSSR count). The molecule has 7 heteroatoms. The maximum Gasteiger partial charge on any atom is 0.282 e. The lowest BCUT2D eigenvalue weighted by atomic mass is 10.1. The molecule has 0 spiro atoms. The maximum atomic E-state index is 13.1. The highest BCUT2D eigenvalue weighted by atomic mass is 32.2. The molecule has 2 aromatic carbocycles. The van der Waals surface area contributed by atoms with Gasteiger partial charge in [-0.3, -0.25) is 4.21 Å². The first-order valence-corrected chi connectivity index (χ1v) is 8.59. The summed E-state index contributed by atoms with van der Waals surface area (Å²) in [6, 6.07) is 13.5. The molecule has 0 aliphatic carbocycles. The van der Waals surface area contributed by atoms with Gasteiger partial charge in [0.1, 0.15) is 11.5 Å². The van der Waals surface area contributed by atoms with Crippen LogP contribution in [0.25, 0.3) is 16.9 Å². The second-order valence-corrected chi connectivity index (χ2v) is 6.50. The minimum Gasteiger partial charge on any atom is -0.255 e. The van der Waals surface area contributed by atoms with Gasteiger partial charge < -0.3 is 0 Å². The standard InChI is InChI=1S/C17H13F3N2OS/c1-24(23)14-8-2-11(3-9-14)16-10-15(17(19)20)21-22(16)13-6-4-12(18)5-7-13/h2-10,17H,1H3. The van der Waals surface area contributed by atoms with Gasteiger partial charge in [0.2, 0.25) is 0 Å². The van der Waals surface area contributed by atoms with Gasteiger partial charge in [-0.05, 0) is 42.5 Å². The molecule has 3 aromatic rings. The van der Waals surface area contributed by atoms with E-state index < -0.39 is 23.0 Å². The van der Waals surface area contributed by atoms with Crippen molar-refractivity contribution in [3.63, 3.8) is 0 Å². The summed E-state index contributed by atoms with van der Waals surface area (Å²) in [6.45, 7) is 0. The molecular formula is C17H13F3N2OS. The highest BCUT2D eigenvalue weighted by Crippen LogP contribution is 2.28. The van der Waals surface area contributed by atoms with E-state index in [2.05, 4.69) is 5.10 Å². The molecule has 0 bridgehead atoms. The van der Waals surface area contributed by atoms with Crippen molar-refractivity contribution in [2.24, 2.45) is 0 Å². The van der Waals surface area contributed by atoms with E-state index in [0.29, 0.717) is 21.8 Å². The fourth-order valence-electron chi connectivity index (χ4n) is 2.31. The van der Waals surface area contributed by atoms with Gasteiger partial charge in [0.05, 0.1) is 11.4 Å². The van der Waals surface area contributed by atoms with Gasteiger partial charge in [-0.2, -0.15) is 5.10 Å². The Labute approximate surface area is 139 Å². The fraction of sp³-hybridized carbons (Fsp3) is 0.118. The van der Waals surface area contributed by atoms with Crippen molar-refractivity contribution in [3.05, 3.63) is 66.1 Å². The molecule has 1 atom stereocenters. The predicted molar refractivity (Wildman–Crippen MR) is 86.2 cm³/mol. The van der Waals surface area contributed by atoms with Crippen LogP contribution in [0.5, 0.6) is 0 Å². The Hall–Kier alpha value is -2.41. The molecule has 1 unspecified atom stereocenters. The van der Waals surface area contributed by atoms with Gasteiger partial charge in [0, 0.05) is 27.5 Å². The molecule has 0 saturated heterocycles. The van der Waals surface area contributed by atoms with Crippen LogP contribution in [0.1, 0.15) is 12.1 Å². The van der Waals surface area contributed by atoms with Gasteiger partial charge in [0.25, 0.3) is 6.43 Å². The second-order valence-electron chi connectivity index (χ2n) is 5.12. The van der Waals surface area contributed by atoms with Crippen molar-refractivity contribution in [1.29, 1.82) is 0 Å². The first-order chi connectivity index (χ1) is 11.5. The highest BCUT2D eigenvalue weighted by molar-refractivity contribution is 7.84. The lowest BCUT2D eigenvalue weighted by Crippen LogP contribution is -2.00. The van der Waals surface area contributed by atoms with Crippen LogP contribution in [0.3, 0.4) is 0 Å². The molecule has 1 heterocycles. The Kier molecular flexibility index (Phi) is 4.53. The summed E-state index contributed by atoms with van der Waals surface area (Å²) in [5, 5.41) is 3.93. The lowest BCUT2D eigenvalue weighted by molar-refractivity contribution is 0.145. The van der Waals surface area contributed by atoms with E-state index in [0.717, 1.165) is 0 Å². The molecule has 24 heavy (non-hydrogen) atoms. The largest absolute Gasteiger partial charge is 0.282 e. The molecule has 0 fully saturated rings. The molecule has 3 nitrogen and oxygen atoms in total. The number of nitrogens with zero attached hydrogens (tertiary/aromatic N) is 2. The summed E-state index contributed by atoms with van der Waals surface area (Å²) in [7, 11) is -1.12. The van der Waals surface area contributed by atoms with E-state index in [1.165, 1.54) is 35.0 Å². The Balaban J connectivity index is 2.12. The summed E-state index contributed by atoms with van der Waals surface area (Å²) < 4.78 is 52.0. The minimum absolute atomic E-state index is 0.363. The van der Waals surface area contributed by atoms with Crippen molar-refractivity contribution < 1.29 is 17.4 Å². The number of hydrogen-bond acceptors (Lipinski definition) is 2. The smallest absolute Gasteiger partial charge is 0.255 e. The SMILES string of the molecule is CS(=O)c1ccc(-c2cc(C(F)F)nn2-c2ccc(F)cc2)cc1. The van der Waals surface area contributed by atoms with Gasteiger partial charge >= 0.3 is 0 Å². The average Bonchev–Trinajstić information content (AvgIpc) is 3.01. The quantitative estimate of drug-likeness (QED) is 0.701. The average molecular weight is 350 g/mol. The summed E-state index contributed by atoms with van der Waals surface area (Å²) in [5.41, 5.74) is 1.21. The van der Waals surface area contributed by atoms with E-state index in [9.17, 15) is 17.4 Å².